The predicted molar refractivity (Wildman–Crippen MR) is 78.8 cm³/mol. The quantitative estimate of drug-likeness (QED) is 0.871. The highest BCUT2D eigenvalue weighted by Crippen LogP contribution is 2.30. The smallest absolute Gasteiger partial charge is 0.131 e. The van der Waals surface area contributed by atoms with Crippen molar-refractivity contribution in [2.45, 2.75) is 27.3 Å². The third kappa shape index (κ3) is 2.85. The number of benzene rings is 2. The van der Waals surface area contributed by atoms with Crippen LogP contribution in [-0.4, -0.2) is 7.05 Å². The van der Waals surface area contributed by atoms with Gasteiger partial charge in [-0.1, -0.05) is 24.3 Å². The van der Waals surface area contributed by atoms with E-state index in [2.05, 4.69) is 17.4 Å². The highest BCUT2D eigenvalue weighted by atomic mass is 19.1. The van der Waals surface area contributed by atoms with Crippen molar-refractivity contribution in [2.75, 3.05) is 7.05 Å². The zero-order valence-corrected chi connectivity index (χ0v) is 12.0. The van der Waals surface area contributed by atoms with Crippen LogP contribution in [0, 0.1) is 26.6 Å². The molecule has 100 valence electrons. The van der Waals surface area contributed by atoms with Crippen LogP contribution in [0.15, 0.2) is 30.3 Å². The Morgan fingerprint density at radius 2 is 1.74 bits per heavy atom. The summed E-state index contributed by atoms with van der Waals surface area (Å²) in [5.41, 5.74) is 5.98. The fraction of sp³-hybridized carbons (Fsp3) is 0.294. The topological polar surface area (TPSA) is 12.0 Å². The monoisotopic (exact) mass is 257 g/mol. The average Bonchev–Trinajstić information content (AvgIpc) is 2.31. The lowest BCUT2D eigenvalue weighted by atomic mass is 9.93. The van der Waals surface area contributed by atoms with E-state index in [1.54, 1.807) is 6.07 Å². The Hall–Kier alpha value is -1.67. The Morgan fingerprint density at radius 1 is 1.00 bits per heavy atom. The van der Waals surface area contributed by atoms with Crippen molar-refractivity contribution < 1.29 is 4.39 Å². The first-order valence-corrected chi connectivity index (χ1v) is 6.54. The molecule has 0 radical (unpaired) electrons. The van der Waals surface area contributed by atoms with Crippen molar-refractivity contribution in [3.63, 3.8) is 0 Å². The Morgan fingerprint density at radius 3 is 2.32 bits per heavy atom. The lowest BCUT2D eigenvalue weighted by Gasteiger charge is -2.13. The normalized spacial score (nSPS) is 10.8. The SMILES string of the molecule is CNCc1ccc(-c2c(C)cc(C)cc2F)c(C)c1. The second kappa shape index (κ2) is 5.54. The predicted octanol–water partition coefficient (Wildman–Crippen LogP) is 4.14. The van der Waals surface area contributed by atoms with Gasteiger partial charge in [0.25, 0.3) is 0 Å². The number of hydrogen-bond acceptors (Lipinski definition) is 1. The van der Waals surface area contributed by atoms with E-state index in [1.807, 2.05) is 40.0 Å². The van der Waals surface area contributed by atoms with Gasteiger partial charge in [0.1, 0.15) is 5.82 Å². The van der Waals surface area contributed by atoms with Crippen molar-refractivity contribution in [1.29, 1.82) is 0 Å². The maximum absolute atomic E-state index is 14.2. The van der Waals surface area contributed by atoms with E-state index in [1.165, 1.54) is 5.56 Å². The zero-order chi connectivity index (χ0) is 14.0. The van der Waals surface area contributed by atoms with E-state index in [4.69, 9.17) is 0 Å². The summed E-state index contributed by atoms with van der Waals surface area (Å²) in [6, 6.07) is 9.81. The minimum Gasteiger partial charge on any atom is -0.316 e. The Kier molecular flexibility index (Phi) is 4.01. The second-order valence-electron chi connectivity index (χ2n) is 5.12. The van der Waals surface area contributed by atoms with Crippen LogP contribution < -0.4 is 5.32 Å². The molecule has 0 aromatic heterocycles. The zero-order valence-electron chi connectivity index (χ0n) is 12.0. The average molecular weight is 257 g/mol. The summed E-state index contributed by atoms with van der Waals surface area (Å²) in [5.74, 6) is -0.137. The van der Waals surface area contributed by atoms with E-state index < -0.39 is 0 Å². The molecule has 19 heavy (non-hydrogen) atoms. The molecule has 0 aliphatic heterocycles. The van der Waals surface area contributed by atoms with Gasteiger partial charge in [-0.25, -0.2) is 4.39 Å². The molecule has 2 aromatic rings. The molecule has 0 saturated carbocycles. The first-order valence-electron chi connectivity index (χ1n) is 6.54. The molecule has 0 bridgehead atoms. The van der Waals surface area contributed by atoms with Crippen molar-refractivity contribution in [1.82, 2.24) is 5.32 Å². The molecule has 0 heterocycles. The number of rotatable bonds is 3. The van der Waals surface area contributed by atoms with Crippen molar-refractivity contribution in [3.8, 4) is 11.1 Å². The van der Waals surface area contributed by atoms with Gasteiger partial charge >= 0.3 is 0 Å². The Balaban J connectivity index is 2.53. The minimum absolute atomic E-state index is 0.137. The number of aryl methyl sites for hydroxylation is 3. The second-order valence-corrected chi connectivity index (χ2v) is 5.12. The van der Waals surface area contributed by atoms with Crippen LogP contribution in [0.1, 0.15) is 22.3 Å². The van der Waals surface area contributed by atoms with Crippen LogP contribution in [-0.2, 0) is 6.54 Å². The lowest BCUT2D eigenvalue weighted by Crippen LogP contribution is -2.05. The van der Waals surface area contributed by atoms with E-state index in [0.29, 0.717) is 0 Å². The molecule has 0 unspecified atom stereocenters. The summed E-state index contributed by atoms with van der Waals surface area (Å²) in [6.07, 6.45) is 0. The van der Waals surface area contributed by atoms with Crippen LogP contribution in [0.4, 0.5) is 4.39 Å². The molecule has 0 atom stereocenters. The molecule has 1 nitrogen and oxygen atoms in total. The van der Waals surface area contributed by atoms with Gasteiger partial charge < -0.3 is 5.32 Å². The summed E-state index contributed by atoms with van der Waals surface area (Å²) in [7, 11) is 1.92. The number of hydrogen-bond donors (Lipinski definition) is 1. The van der Waals surface area contributed by atoms with E-state index in [-0.39, 0.29) is 5.82 Å². The molecule has 0 amide bonds. The minimum atomic E-state index is -0.137. The van der Waals surface area contributed by atoms with E-state index in [9.17, 15) is 4.39 Å². The van der Waals surface area contributed by atoms with Crippen LogP contribution >= 0.6 is 0 Å². The van der Waals surface area contributed by atoms with Crippen LogP contribution in [0.3, 0.4) is 0 Å². The summed E-state index contributed by atoms with van der Waals surface area (Å²) >= 11 is 0. The van der Waals surface area contributed by atoms with Crippen molar-refractivity contribution in [3.05, 3.63) is 58.4 Å². The highest BCUT2D eigenvalue weighted by Gasteiger charge is 2.11. The molecule has 1 N–H and O–H groups in total. The molecular weight excluding hydrogens is 237 g/mol. The largest absolute Gasteiger partial charge is 0.316 e. The first kappa shape index (κ1) is 13.8. The van der Waals surface area contributed by atoms with Gasteiger partial charge in [0.2, 0.25) is 0 Å². The van der Waals surface area contributed by atoms with E-state index >= 15 is 0 Å². The highest BCUT2D eigenvalue weighted by molar-refractivity contribution is 5.71. The van der Waals surface area contributed by atoms with Crippen molar-refractivity contribution in [2.24, 2.45) is 0 Å². The molecule has 2 heteroatoms. The summed E-state index contributed by atoms with van der Waals surface area (Å²) in [5, 5.41) is 3.13. The molecule has 0 saturated heterocycles. The third-order valence-electron chi connectivity index (χ3n) is 3.37. The van der Waals surface area contributed by atoms with Gasteiger partial charge in [-0.05, 0) is 61.7 Å². The molecular formula is C17H20FN. The molecule has 0 aliphatic carbocycles. The maximum atomic E-state index is 14.2. The van der Waals surface area contributed by atoms with Crippen LogP contribution in [0.5, 0.6) is 0 Å². The maximum Gasteiger partial charge on any atom is 0.131 e. The van der Waals surface area contributed by atoms with Gasteiger partial charge in [0.15, 0.2) is 0 Å². The van der Waals surface area contributed by atoms with Crippen LogP contribution in [0.2, 0.25) is 0 Å². The first-order chi connectivity index (χ1) is 9.02. The van der Waals surface area contributed by atoms with Gasteiger partial charge in [-0.15, -0.1) is 0 Å². The number of halogens is 1. The van der Waals surface area contributed by atoms with Gasteiger partial charge in [0.05, 0.1) is 0 Å². The molecule has 0 fully saturated rings. The Labute approximate surface area is 114 Å². The summed E-state index contributed by atoms with van der Waals surface area (Å²) < 4.78 is 14.2. The van der Waals surface area contributed by atoms with Gasteiger partial charge in [-0.3, -0.25) is 0 Å². The lowest BCUT2D eigenvalue weighted by molar-refractivity contribution is 0.629. The van der Waals surface area contributed by atoms with E-state index in [0.717, 1.165) is 34.4 Å². The molecule has 0 aliphatic rings. The molecule has 0 spiro atoms. The summed E-state index contributed by atoms with van der Waals surface area (Å²) in [6.45, 7) is 6.75. The molecule has 2 aromatic carbocycles. The van der Waals surface area contributed by atoms with Gasteiger partial charge in [-0.2, -0.15) is 0 Å². The number of nitrogens with one attached hydrogen (secondary N) is 1. The fourth-order valence-corrected chi connectivity index (χ4v) is 2.58. The van der Waals surface area contributed by atoms with Crippen molar-refractivity contribution >= 4 is 0 Å². The fourth-order valence-electron chi connectivity index (χ4n) is 2.58. The van der Waals surface area contributed by atoms with Crippen LogP contribution in [0.25, 0.3) is 11.1 Å². The summed E-state index contributed by atoms with van der Waals surface area (Å²) in [4.78, 5) is 0. The van der Waals surface area contributed by atoms with Gasteiger partial charge in [0, 0.05) is 12.1 Å². The Bertz CT molecular complexity index is 579. The molecule has 2 rings (SSSR count). The third-order valence-corrected chi connectivity index (χ3v) is 3.37. The standard InChI is InChI=1S/C17H20FN/c1-11-7-13(3)17(16(18)8-11)15-6-5-14(10-19-4)9-12(15)2/h5-9,19H,10H2,1-4H3.